The van der Waals surface area contributed by atoms with Crippen molar-refractivity contribution in [2.24, 2.45) is 34.5 Å². The lowest BCUT2D eigenvalue weighted by Gasteiger charge is -2.47. The summed E-state index contributed by atoms with van der Waals surface area (Å²) < 4.78 is 11.8. The van der Waals surface area contributed by atoms with Crippen LogP contribution in [-0.2, 0) is 9.47 Å². The molecule has 11 heteroatoms. The van der Waals surface area contributed by atoms with E-state index in [0.29, 0.717) is 42.8 Å². The van der Waals surface area contributed by atoms with Crippen molar-refractivity contribution in [1.29, 1.82) is 0 Å². The normalized spacial score (nSPS) is 38.5. The number of carbonyl (C=O) groups is 1. The third-order valence-electron chi connectivity index (χ3n) is 9.52. The molecule has 0 radical (unpaired) electrons. The molecule has 3 aliphatic rings. The van der Waals surface area contributed by atoms with Crippen LogP contribution in [0.25, 0.3) is 0 Å². The van der Waals surface area contributed by atoms with E-state index in [4.69, 9.17) is 9.47 Å². The number of aliphatic hydroxyl groups excluding tert-OH is 5. The summed E-state index contributed by atoms with van der Waals surface area (Å²) in [6.45, 7) is 7.82. The molecular formula is C31H57IN2O8. The zero-order chi connectivity index (χ0) is 30.9. The first-order valence-corrected chi connectivity index (χ1v) is 17.2. The number of carbonyl (C=O) groups excluding carboxylic acids is 1. The van der Waals surface area contributed by atoms with E-state index < -0.39 is 24.7 Å². The van der Waals surface area contributed by atoms with Gasteiger partial charge in [-0.1, -0.05) is 43.4 Å². The van der Waals surface area contributed by atoms with Gasteiger partial charge in [0.1, 0.15) is 0 Å². The summed E-state index contributed by atoms with van der Waals surface area (Å²) in [4.78, 5) is 12.6. The first-order valence-electron chi connectivity index (χ1n) is 16.0. The predicted molar refractivity (Wildman–Crippen MR) is 169 cm³/mol. The van der Waals surface area contributed by atoms with Gasteiger partial charge in [0.05, 0.1) is 25.4 Å². The molecule has 42 heavy (non-hydrogen) atoms. The van der Waals surface area contributed by atoms with E-state index in [9.17, 15) is 30.3 Å². The quantitative estimate of drug-likeness (QED) is 0.0739. The van der Waals surface area contributed by atoms with Crippen LogP contribution in [0.15, 0.2) is 0 Å². The van der Waals surface area contributed by atoms with Gasteiger partial charge in [-0.15, -0.1) is 0 Å². The van der Waals surface area contributed by atoms with E-state index in [-0.39, 0.29) is 60.4 Å². The van der Waals surface area contributed by atoms with Crippen LogP contribution in [0.1, 0.15) is 91.4 Å². The topological polar surface area (TPSA) is 161 Å². The van der Waals surface area contributed by atoms with Crippen LogP contribution in [0.4, 0.5) is 4.79 Å². The number of halogens is 1. The van der Waals surface area contributed by atoms with Gasteiger partial charge in [-0.25, -0.2) is 4.79 Å². The SMILES string of the molecule is CC1(C)CC(NC(O)OCC2CC(O)CC(CO)CC(I)C2)CC(C)(CNC(=O)OCC2CCC(CO)CC(O)C2)C1. The summed E-state index contributed by atoms with van der Waals surface area (Å²) in [5.74, 6) is 0.468. The highest BCUT2D eigenvalue weighted by Gasteiger charge is 2.42. The lowest BCUT2D eigenvalue weighted by molar-refractivity contribution is -0.144. The lowest BCUT2D eigenvalue weighted by atomic mass is 9.62. The standard InChI is InChI=1S/C31H57IN2O8/c1-30(2)12-25(34-29(40)42-17-23-7-24(32)6-22(15-36)10-27(38)11-23)13-31(3,18-30)19-33-28(39)41-16-21-5-4-20(14-35)8-26(37)9-21/h20-27,29,34-38,40H,4-19H2,1-3H3,(H,33,39). The Labute approximate surface area is 265 Å². The van der Waals surface area contributed by atoms with E-state index in [1.54, 1.807) is 0 Å². The molecule has 10 atom stereocenters. The first-order chi connectivity index (χ1) is 19.8. The van der Waals surface area contributed by atoms with Gasteiger partial charge in [0, 0.05) is 29.7 Å². The summed E-state index contributed by atoms with van der Waals surface area (Å²) in [5, 5.41) is 56.6. The van der Waals surface area contributed by atoms with Gasteiger partial charge >= 0.3 is 6.09 Å². The Hall–Kier alpha value is -0.280. The van der Waals surface area contributed by atoms with Crippen molar-refractivity contribution in [3.05, 3.63) is 0 Å². The largest absolute Gasteiger partial charge is 0.449 e. The highest BCUT2D eigenvalue weighted by Crippen LogP contribution is 2.46. The van der Waals surface area contributed by atoms with Crippen LogP contribution in [0.2, 0.25) is 0 Å². The Kier molecular flexibility index (Phi) is 14.5. The van der Waals surface area contributed by atoms with E-state index in [2.05, 4.69) is 54.0 Å². The Morgan fingerprint density at radius 3 is 2.17 bits per heavy atom. The molecule has 3 rings (SSSR count). The first kappa shape index (κ1) is 36.2. The van der Waals surface area contributed by atoms with E-state index in [1.165, 1.54) is 0 Å². The minimum atomic E-state index is -1.12. The molecule has 0 bridgehead atoms. The predicted octanol–water partition coefficient (Wildman–Crippen LogP) is 3.30. The number of aliphatic hydroxyl groups is 5. The molecular weight excluding hydrogens is 655 g/mol. The second-order valence-electron chi connectivity index (χ2n) is 14.8. The number of alkyl halides is 1. The molecule has 0 saturated heterocycles. The maximum absolute atomic E-state index is 12.6. The number of rotatable bonds is 11. The molecule has 0 aromatic heterocycles. The molecule has 10 unspecified atom stereocenters. The molecule has 3 fully saturated rings. The highest BCUT2D eigenvalue weighted by molar-refractivity contribution is 14.1. The Morgan fingerprint density at radius 1 is 0.881 bits per heavy atom. The van der Waals surface area contributed by atoms with Crippen LogP contribution in [0.5, 0.6) is 0 Å². The number of amides is 1. The summed E-state index contributed by atoms with van der Waals surface area (Å²) >= 11 is 2.42. The van der Waals surface area contributed by atoms with Gasteiger partial charge in [0.15, 0.2) is 0 Å². The van der Waals surface area contributed by atoms with Crippen molar-refractivity contribution in [3.63, 3.8) is 0 Å². The summed E-state index contributed by atoms with van der Waals surface area (Å²) in [6, 6.07) is 0.00378. The zero-order valence-electron chi connectivity index (χ0n) is 25.8. The Balaban J connectivity index is 1.44. The monoisotopic (exact) mass is 712 g/mol. The smallest absolute Gasteiger partial charge is 0.407 e. The van der Waals surface area contributed by atoms with Crippen molar-refractivity contribution < 1.29 is 39.8 Å². The van der Waals surface area contributed by atoms with E-state index in [1.807, 2.05) is 0 Å². The van der Waals surface area contributed by atoms with Gasteiger partial charge in [-0.05, 0) is 105 Å². The van der Waals surface area contributed by atoms with E-state index >= 15 is 0 Å². The molecule has 7 N–H and O–H groups in total. The highest BCUT2D eigenvalue weighted by atomic mass is 127. The number of nitrogens with one attached hydrogen (secondary N) is 2. The van der Waals surface area contributed by atoms with Gasteiger partial charge in [0.2, 0.25) is 6.41 Å². The van der Waals surface area contributed by atoms with Crippen LogP contribution in [-0.4, -0.2) is 93.2 Å². The summed E-state index contributed by atoms with van der Waals surface area (Å²) in [7, 11) is 0. The molecule has 1 amide bonds. The molecule has 3 saturated carbocycles. The minimum Gasteiger partial charge on any atom is -0.449 e. The van der Waals surface area contributed by atoms with Gasteiger partial charge in [0.25, 0.3) is 0 Å². The van der Waals surface area contributed by atoms with Crippen LogP contribution in [0.3, 0.4) is 0 Å². The molecule has 3 aliphatic carbocycles. The van der Waals surface area contributed by atoms with Crippen molar-refractivity contribution in [3.8, 4) is 0 Å². The number of ether oxygens (including phenoxy) is 2. The van der Waals surface area contributed by atoms with Gasteiger partial charge in [-0.2, -0.15) is 0 Å². The lowest BCUT2D eigenvalue weighted by Crippen LogP contribution is -2.52. The molecule has 10 nitrogen and oxygen atoms in total. The van der Waals surface area contributed by atoms with Crippen molar-refractivity contribution in [1.82, 2.24) is 10.6 Å². The van der Waals surface area contributed by atoms with Gasteiger partial charge in [-0.3, -0.25) is 5.32 Å². The summed E-state index contributed by atoms with van der Waals surface area (Å²) in [6.07, 6.45) is 5.80. The fraction of sp³-hybridized carbons (Fsp3) is 0.968. The molecule has 0 aromatic carbocycles. The molecule has 0 spiro atoms. The second-order valence-corrected chi connectivity index (χ2v) is 16.5. The number of hydrogen-bond acceptors (Lipinski definition) is 9. The average Bonchev–Trinajstić information content (AvgIpc) is 3.07. The second kappa shape index (κ2) is 16.9. The minimum absolute atomic E-state index is 0.00295. The van der Waals surface area contributed by atoms with Gasteiger partial charge < -0.3 is 40.3 Å². The third-order valence-corrected chi connectivity index (χ3v) is 10.5. The van der Waals surface area contributed by atoms with Crippen LogP contribution >= 0.6 is 22.6 Å². The van der Waals surface area contributed by atoms with Crippen molar-refractivity contribution in [2.75, 3.05) is 33.0 Å². The molecule has 0 aliphatic heterocycles. The third kappa shape index (κ3) is 12.6. The maximum Gasteiger partial charge on any atom is 0.407 e. The molecule has 246 valence electrons. The van der Waals surface area contributed by atoms with E-state index in [0.717, 1.165) is 44.9 Å². The number of alkyl carbamates (subject to hydrolysis) is 1. The average molecular weight is 713 g/mol. The van der Waals surface area contributed by atoms with Crippen molar-refractivity contribution >= 4 is 28.7 Å². The van der Waals surface area contributed by atoms with Crippen LogP contribution in [0, 0.1) is 34.5 Å². The van der Waals surface area contributed by atoms with Crippen LogP contribution < -0.4 is 10.6 Å². The van der Waals surface area contributed by atoms with Crippen molar-refractivity contribution in [2.45, 2.75) is 120 Å². The molecule has 0 aromatic rings. The Morgan fingerprint density at radius 2 is 1.48 bits per heavy atom. The summed E-state index contributed by atoms with van der Waals surface area (Å²) in [5.41, 5.74) is -0.205. The maximum atomic E-state index is 12.6. The zero-order valence-corrected chi connectivity index (χ0v) is 28.0. The molecule has 0 heterocycles. The fourth-order valence-electron chi connectivity index (χ4n) is 7.95. The fourth-order valence-corrected chi connectivity index (χ4v) is 9.38. The number of hydrogen-bond donors (Lipinski definition) is 7. The Bertz CT molecular complexity index is 808.